The van der Waals surface area contributed by atoms with Crippen LogP contribution in [0.2, 0.25) is 0 Å². The van der Waals surface area contributed by atoms with Crippen LogP contribution in [0.25, 0.3) is 6.08 Å². The van der Waals surface area contributed by atoms with Crippen molar-refractivity contribution < 1.29 is 13.5 Å². The first kappa shape index (κ1) is 13.8. The lowest BCUT2D eigenvalue weighted by molar-refractivity contribution is 0.200. The number of ether oxygens (including phenoxy) is 1. The van der Waals surface area contributed by atoms with Gasteiger partial charge in [-0.05, 0) is 24.6 Å². The molecule has 0 unspecified atom stereocenters. The normalized spacial score (nSPS) is 11.9. The van der Waals surface area contributed by atoms with Crippen LogP contribution < -0.4 is 5.32 Å². The van der Waals surface area contributed by atoms with E-state index in [4.69, 9.17) is 4.74 Å². The molecule has 0 atom stereocenters. The molecule has 4 heteroatoms. The quantitative estimate of drug-likeness (QED) is 0.773. The highest BCUT2D eigenvalue weighted by molar-refractivity contribution is 5.52. The Hall–Kier alpha value is -1.26. The minimum atomic E-state index is -0.559. The Morgan fingerprint density at radius 1 is 1.29 bits per heavy atom. The monoisotopic (exact) mass is 241 g/mol. The molecule has 0 heterocycles. The predicted octanol–water partition coefficient (Wildman–Crippen LogP) is 2.60. The van der Waals surface area contributed by atoms with Gasteiger partial charge in [0.2, 0.25) is 0 Å². The minimum Gasteiger partial charge on any atom is -0.383 e. The van der Waals surface area contributed by atoms with Gasteiger partial charge in [-0.25, -0.2) is 8.78 Å². The van der Waals surface area contributed by atoms with E-state index in [2.05, 4.69) is 5.32 Å². The molecule has 0 bridgehead atoms. The van der Waals surface area contributed by atoms with Crippen LogP contribution in [0, 0.1) is 11.6 Å². The maximum atomic E-state index is 12.9. The van der Waals surface area contributed by atoms with E-state index in [0.29, 0.717) is 18.7 Å². The van der Waals surface area contributed by atoms with E-state index in [9.17, 15) is 8.78 Å². The molecule has 1 N–H and O–H groups in total. The Balaban J connectivity index is 2.54. The summed E-state index contributed by atoms with van der Waals surface area (Å²) < 4.78 is 30.8. The van der Waals surface area contributed by atoms with Gasteiger partial charge in [0.05, 0.1) is 6.61 Å². The molecular weight excluding hydrogens is 224 g/mol. The van der Waals surface area contributed by atoms with E-state index < -0.39 is 11.6 Å². The van der Waals surface area contributed by atoms with Gasteiger partial charge >= 0.3 is 0 Å². The molecule has 1 aromatic carbocycles. The zero-order chi connectivity index (χ0) is 12.7. The van der Waals surface area contributed by atoms with Crippen molar-refractivity contribution in [3.05, 3.63) is 41.0 Å². The molecule has 0 aromatic heterocycles. The van der Waals surface area contributed by atoms with Crippen LogP contribution in [0.1, 0.15) is 12.5 Å². The second-order valence-electron chi connectivity index (χ2n) is 3.86. The summed E-state index contributed by atoms with van der Waals surface area (Å²) in [6, 6.07) is 3.48. The van der Waals surface area contributed by atoms with Crippen molar-refractivity contribution in [1.82, 2.24) is 5.32 Å². The summed E-state index contributed by atoms with van der Waals surface area (Å²) in [5.74, 6) is -1.12. The van der Waals surface area contributed by atoms with Gasteiger partial charge in [0.15, 0.2) is 0 Å². The van der Waals surface area contributed by atoms with Crippen molar-refractivity contribution in [2.45, 2.75) is 6.92 Å². The molecular formula is C13H17F2NO. The Morgan fingerprint density at radius 2 is 1.94 bits per heavy atom. The molecule has 0 saturated heterocycles. The fourth-order valence-corrected chi connectivity index (χ4v) is 1.45. The average molecular weight is 241 g/mol. The van der Waals surface area contributed by atoms with E-state index in [1.54, 1.807) is 13.2 Å². The lowest BCUT2D eigenvalue weighted by Crippen LogP contribution is -2.20. The average Bonchev–Trinajstić information content (AvgIpc) is 2.23. The maximum absolute atomic E-state index is 12.9. The molecule has 0 fully saturated rings. The highest BCUT2D eigenvalue weighted by atomic mass is 19.1. The van der Waals surface area contributed by atoms with Gasteiger partial charge in [-0.1, -0.05) is 11.6 Å². The highest BCUT2D eigenvalue weighted by Gasteiger charge is 1.98. The molecule has 0 radical (unpaired) electrons. The molecule has 17 heavy (non-hydrogen) atoms. The van der Waals surface area contributed by atoms with Crippen molar-refractivity contribution in [3.63, 3.8) is 0 Å². The van der Waals surface area contributed by atoms with Gasteiger partial charge < -0.3 is 10.1 Å². The van der Waals surface area contributed by atoms with Crippen LogP contribution in [-0.2, 0) is 4.74 Å². The first-order valence-electron chi connectivity index (χ1n) is 5.44. The van der Waals surface area contributed by atoms with E-state index >= 15 is 0 Å². The molecule has 0 amide bonds. The molecule has 0 saturated carbocycles. The van der Waals surface area contributed by atoms with Gasteiger partial charge in [-0.15, -0.1) is 0 Å². The summed E-state index contributed by atoms with van der Waals surface area (Å²) in [7, 11) is 1.64. The lowest BCUT2D eigenvalue weighted by atomic mass is 10.1. The summed E-state index contributed by atoms with van der Waals surface area (Å²) >= 11 is 0. The van der Waals surface area contributed by atoms with E-state index in [1.165, 1.54) is 12.1 Å². The van der Waals surface area contributed by atoms with Gasteiger partial charge in [-0.3, -0.25) is 0 Å². The Morgan fingerprint density at radius 3 is 2.53 bits per heavy atom. The molecule has 2 nitrogen and oxygen atoms in total. The summed E-state index contributed by atoms with van der Waals surface area (Å²) in [6.45, 7) is 3.96. The van der Waals surface area contributed by atoms with Crippen LogP contribution in [0.5, 0.6) is 0 Å². The molecule has 94 valence electrons. The number of nitrogens with one attached hydrogen (secondary N) is 1. The highest BCUT2D eigenvalue weighted by Crippen LogP contribution is 2.11. The molecule has 0 aliphatic carbocycles. The van der Waals surface area contributed by atoms with Gasteiger partial charge in [0.1, 0.15) is 11.6 Å². The van der Waals surface area contributed by atoms with E-state index in [-0.39, 0.29) is 0 Å². The van der Waals surface area contributed by atoms with Crippen LogP contribution in [-0.4, -0.2) is 26.8 Å². The first-order chi connectivity index (χ1) is 8.11. The molecule has 0 aliphatic heterocycles. The Labute approximate surface area is 100 Å². The van der Waals surface area contributed by atoms with E-state index in [1.807, 2.05) is 6.92 Å². The summed E-state index contributed by atoms with van der Waals surface area (Å²) in [6.07, 6.45) is 1.76. The van der Waals surface area contributed by atoms with Crippen LogP contribution >= 0.6 is 0 Å². The smallest absolute Gasteiger partial charge is 0.126 e. The number of rotatable bonds is 6. The zero-order valence-corrected chi connectivity index (χ0v) is 10.1. The zero-order valence-electron chi connectivity index (χ0n) is 10.1. The van der Waals surface area contributed by atoms with Crippen molar-refractivity contribution in [3.8, 4) is 0 Å². The Kier molecular flexibility index (Phi) is 5.80. The van der Waals surface area contributed by atoms with Gasteiger partial charge in [-0.2, -0.15) is 0 Å². The topological polar surface area (TPSA) is 21.3 Å². The molecule has 1 aromatic rings. The number of hydrogen-bond acceptors (Lipinski definition) is 2. The standard InChI is InChI=1S/C13H17F2NO/c1-10(9-16-3-4-17-2)5-11-6-12(14)8-13(15)7-11/h5-8,16H,3-4,9H2,1-2H3/b10-5+. The van der Waals surface area contributed by atoms with Crippen molar-refractivity contribution in [1.29, 1.82) is 0 Å². The van der Waals surface area contributed by atoms with Crippen LogP contribution in [0.4, 0.5) is 8.78 Å². The van der Waals surface area contributed by atoms with Gasteiger partial charge in [0, 0.05) is 26.3 Å². The fraction of sp³-hybridized carbons (Fsp3) is 0.385. The number of hydrogen-bond donors (Lipinski definition) is 1. The van der Waals surface area contributed by atoms with Crippen LogP contribution in [0.15, 0.2) is 23.8 Å². The summed E-state index contributed by atoms with van der Waals surface area (Å²) in [5.41, 5.74) is 1.54. The number of halogens is 2. The second kappa shape index (κ2) is 7.14. The molecule has 0 aliphatic rings. The third-order valence-electron chi connectivity index (χ3n) is 2.18. The SMILES string of the molecule is COCCNC/C(C)=C/c1cc(F)cc(F)c1. The number of benzene rings is 1. The third-order valence-corrected chi connectivity index (χ3v) is 2.18. The molecule has 1 rings (SSSR count). The summed E-state index contributed by atoms with van der Waals surface area (Å²) in [4.78, 5) is 0. The predicted molar refractivity (Wildman–Crippen MR) is 64.8 cm³/mol. The van der Waals surface area contributed by atoms with E-state index in [0.717, 1.165) is 18.2 Å². The maximum Gasteiger partial charge on any atom is 0.126 e. The van der Waals surface area contributed by atoms with Crippen LogP contribution in [0.3, 0.4) is 0 Å². The van der Waals surface area contributed by atoms with Gasteiger partial charge in [0.25, 0.3) is 0 Å². The molecule has 0 spiro atoms. The number of methoxy groups -OCH3 is 1. The van der Waals surface area contributed by atoms with Crippen molar-refractivity contribution >= 4 is 6.08 Å². The van der Waals surface area contributed by atoms with Crippen molar-refractivity contribution in [2.24, 2.45) is 0 Å². The minimum absolute atomic E-state index is 0.536. The Bertz CT molecular complexity index is 371. The summed E-state index contributed by atoms with van der Waals surface area (Å²) in [5, 5.41) is 3.15. The largest absolute Gasteiger partial charge is 0.383 e. The third kappa shape index (κ3) is 5.56. The fourth-order valence-electron chi connectivity index (χ4n) is 1.45. The second-order valence-corrected chi connectivity index (χ2v) is 3.86. The lowest BCUT2D eigenvalue weighted by Gasteiger charge is -2.04. The van der Waals surface area contributed by atoms with Crippen molar-refractivity contribution in [2.75, 3.05) is 26.8 Å². The first-order valence-corrected chi connectivity index (χ1v) is 5.44.